The highest BCUT2D eigenvalue weighted by Gasteiger charge is 2.11. The molecule has 78 valence electrons. The number of carboxylic acid groups (broad SMARTS) is 1. The number of hydrogen-bond donors (Lipinski definition) is 2. The van der Waals surface area contributed by atoms with Crippen molar-refractivity contribution < 1.29 is 9.90 Å². The minimum Gasteiger partial charge on any atom is -0.480 e. The van der Waals surface area contributed by atoms with E-state index < -0.39 is 12.0 Å². The van der Waals surface area contributed by atoms with Gasteiger partial charge in [-0.1, -0.05) is 24.3 Å². The molecule has 0 aromatic heterocycles. The van der Waals surface area contributed by atoms with Crippen molar-refractivity contribution in [2.24, 2.45) is 5.73 Å². The molecule has 0 amide bonds. The summed E-state index contributed by atoms with van der Waals surface area (Å²) >= 11 is 0. The molecule has 0 fully saturated rings. The molecule has 1 aromatic carbocycles. The average Bonchev–Trinajstić information content (AvgIpc) is 2.18. The van der Waals surface area contributed by atoms with E-state index in [2.05, 4.69) is 5.92 Å². The van der Waals surface area contributed by atoms with Crippen LogP contribution >= 0.6 is 0 Å². The highest BCUT2D eigenvalue weighted by Crippen LogP contribution is 2.07. The Labute approximate surface area is 88.9 Å². The van der Waals surface area contributed by atoms with Crippen LogP contribution in [0.25, 0.3) is 0 Å². The summed E-state index contributed by atoms with van der Waals surface area (Å²) in [6, 6.07) is 6.66. The topological polar surface area (TPSA) is 63.3 Å². The predicted molar refractivity (Wildman–Crippen MR) is 58.3 cm³/mol. The Balaban J connectivity index is 2.74. The standard InChI is InChI=1S/C12H13NO2/c1-2-4-9-5-3-6-10(7-9)8-11(13)12(14)15/h1,3,5-7,11H,4,8,13H2,(H,14,15). The van der Waals surface area contributed by atoms with Crippen LogP contribution in [0, 0.1) is 12.3 Å². The van der Waals surface area contributed by atoms with Crippen LogP contribution in [-0.4, -0.2) is 17.1 Å². The van der Waals surface area contributed by atoms with Gasteiger partial charge >= 0.3 is 5.97 Å². The Morgan fingerprint density at radius 2 is 2.20 bits per heavy atom. The molecule has 15 heavy (non-hydrogen) atoms. The van der Waals surface area contributed by atoms with Gasteiger partial charge in [-0.15, -0.1) is 12.3 Å². The van der Waals surface area contributed by atoms with E-state index in [0.717, 1.165) is 11.1 Å². The maximum absolute atomic E-state index is 10.6. The predicted octanol–water partition coefficient (Wildman–Crippen LogP) is 0.817. The van der Waals surface area contributed by atoms with Gasteiger partial charge in [0.25, 0.3) is 0 Å². The van der Waals surface area contributed by atoms with E-state index in [4.69, 9.17) is 17.3 Å². The summed E-state index contributed by atoms with van der Waals surface area (Å²) < 4.78 is 0. The van der Waals surface area contributed by atoms with Gasteiger partial charge in [-0.3, -0.25) is 4.79 Å². The number of aliphatic carboxylic acids is 1. The second-order valence-electron chi connectivity index (χ2n) is 3.35. The van der Waals surface area contributed by atoms with E-state index in [1.165, 1.54) is 0 Å². The zero-order chi connectivity index (χ0) is 11.3. The highest BCUT2D eigenvalue weighted by molar-refractivity contribution is 5.73. The largest absolute Gasteiger partial charge is 0.480 e. The minimum atomic E-state index is -0.989. The van der Waals surface area contributed by atoms with E-state index in [0.29, 0.717) is 12.8 Å². The van der Waals surface area contributed by atoms with Gasteiger partial charge in [-0.25, -0.2) is 0 Å². The van der Waals surface area contributed by atoms with E-state index in [-0.39, 0.29) is 0 Å². The molecule has 3 nitrogen and oxygen atoms in total. The third-order valence-electron chi connectivity index (χ3n) is 2.07. The number of hydrogen-bond acceptors (Lipinski definition) is 2. The van der Waals surface area contributed by atoms with Crippen molar-refractivity contribution in [3.63, 3.8) is 0 Å². The van der Waals surface area contributed by atoms with Crippen LogP contribution in [0.15, 0.2) is 24.3 Å². The first kappa shape index (κ1) is 11.3. The molecule has 1 atom stereocenters. The lowest BCUT2D eigenvalue weighted by Gasteiger charge is -2.07. The van der Waals surface area contributed by atoms with Crippen molar-refractivity contribution in [1.29, 1.82) is 0 Å². The van der Waals surface area contributed by atoms with Crippen LogP contribution < -0.4 is 5.73 Å². The van der Waals surface area contributed by atoms with Gasteiger partial charge in [0, 0.05) is 6.42 Å². The summed E-state index contributed by atoms with van der Waals surface area (Å²) in [5.41, 5.74) is 7.34. The molecule has 0 aliphatic carbocycles. The smallest absolute Gasteiger partial charge is 0.320 e. The Morgan fingerprint density at radius 3 is 2.80 bits per heavy atom. The quantitative estimate of drug-likeness (QED) is 0.712. The molecule has 0 heterocycles. The molecule has 1 aromatic rings. The molecule has 3 heteroatoms. The molecular formula is C12H13NO2. The lowest BCUT2D eigenvalue weighted by molar-refractivity contribution is -0.138. The van der Waals surface area contributed by atoms with Crippen molar-refractivity contribution in [3.05, 3.63) is 35.4 Å². The Bertz CT molecular complexity index is 393. The van der Waals surface area contributed by atoms with Crippen molar-refractivity contribution in [2.45, 2.75) is 18.9 Å². The Morgan fingerprint density at radius 1 is 1.53 bits per heavy atom. The third-order valence-corrected chi connectivity index (χ3v) is 2.07. The van der Waals surface area contributed by atoms with Crippen LogP contribution in [0.1, 0.15) is 11.1 Å². The minimum absolute atomic E-state index is 0.327. The van der Waals surface area contributed by atoms with E-state index in [9.17, 15) is 4.79 Å². The zero-order valence-electron chi connectivity index (χ0n) is 8.31. The van der Waals surface area contributed by atoms with Gasteiger partial charge in [0.1, 0.15) is 6.04 Å². The molecule has 3 N–H and O–H groups in total. The number of benzene rings is 1. The van der Waals surface area contributed by atoms with Gasteiger partial charge in [0.15, 0.2) is 0 Å². The van der Waals surface area contributed by atoms with Gasteiger partial charge in [-0.05, 0) is 17.5 Å². The average molecular weight is 203 g/mol. The van der Waals surface area contributed by atoms with Crippen LogP contribution in [-0.2, 0) is 17.6 Å². The van der Waals surface area contributed by atoms with Gasteiger partial charge < -0.3 is 10.8 Å². The summed E-state index contributed by atoms with van der Waals surface area (Å²) in [4.78, 5) is 10.6. The maximum atomic E-state index is 10.6. The number of rotatable bonds is 4. The molecule has 1 rings (SSSR count). The molecule has 0 bridgehead atoms. The van der Waals surface area contributed by atoms with Gasteiger partial charge in [0.05, 0.1) is 0 Å². The molecule has 0 aliphatic heterocycles. The lowest BCUT2D eigenvalue weighted by atomic mass is 10.0. The van der Waals surface area contributed by atoms with Crippen molar-refractivity contribution in [1.82, 2.24) is 0 Å². The second-order valence-corrected chi connectivity index (χ2v) is 3.35. The number of terminal acetylenes is 1. The molecule has 0 saturated heterocycles. The van der Waals surface area contributed by atoms with Gasteiger partial charge in [-0.2, -0.15) is 0 Å². The molecule has 0 spiro atoms. The molecule has 0 radical (unpaired) electrons. The normalized spacial score (nSPS) is 11.7. The van der Waals surface area contributed by atoms with E-state index in [1.54, 1.807) is 0 Å². The van der Waals surface area contributed by atoms with E-state index >= 15 is 0 Å². The fourth-order valence-corrected chi connectivity index (χ4v) is 1.33. The zero-order valence-corrected chi connectivity index (χ0v) is 8.31. The van der Waals surface area contributed by atoms with Crippen LogP contribution in [0.2, 0.25) is 0 Å². The first-order valence-electron chi connectivity index (χ1n) is 4.63. The molecule has 0 saturated carbocycles. The summed E-state index contributed by atoms with van der Waals surface area (Å²) in [7, 11) is 0. The Kier molecular flexibility index (Phi) is 3.90. The highest BCUT2D eigenvalue weighted by atomic mass is 16.4. The number of carboxylic acids is 1. The molecular weight excluding hydrogens is 190 g/mol. The first-order chi connectivity index (χ1) is 7.13. The summed E-state index contributed by atoms with van der Waals surface area (Å²) in [6.45, 7) is 0. The monoisotopic (exact) mass is 203 g/mol. The van der Waals surface area contributed by atoms with Crippen LogP contribution in [0.3, 0.4) is 0 Å². The number of carbonyl (C=O) groups is 1. The summed E-state index contributed by atoms with van der Waals surface area (Å²) in [6.07, 6.45) is 6.07. The fraction of sp³-hybridized carbons (Fsp3) is 0.250. The summed E-state index contributed by atoms with van der Waals surface area (Å²) in [5.74, 6) is 1.55. The van der Waals surface area contributed by atoms with Crippen molar-refractivity contribution in [2.75, 3.05) is 0 Å². The van der Waals surface area contributed by atoms with Crippen molar-refractivity contribution >= 4 is 5.97 Å². The van der Waals surface area contributed by atoms with Crippen LogP contribution in [0.4, 0.5) is 0 Å². The SMILES string of the molecule is C#CCc1cccc(CC(N)C(=O)O)c1. The molecule has 0 aliphatic rings. The third kappa shape index (κ3) is 3.45. The van der Waals surface area contributed by atoms with Crippen LogP contribution in [0.5, 0.6) is 0 Å². The second kappa shape index (κ2) is 5.18. The first-order valence-corrected chi connectivity index (χ1v) is 4.63. The lowest BCUT2D eigenvalue weighted by Crippen LogP contribution is -2.32. The maximum Gasteiger partial charge on any atom is 0.320 e. The van der Waals surface area contributed by atoms with E-state index in [1.807, 2.05) is 24.3 Å². The summed E-state index contributed by atoms with van der Waals surface area (Å²) in [5, 5.41) is 8.66. The molecule has 1 unspecified atom stereocenters. The Hall–Kier alpha value is -1.79. The number of nitrogens with two attached hydrogens (primary N) is 1. The fourth-order valence-electron chi connectivity index (χ4n) is 1.33. The van der Waals surface area contributed by atoms with Gasteiger partial charge in [0.2, 0.25) is 0 Å². The van der Waals surface area contributed by atoms with Crippen molar-refractivity contribution in [3.8, 4) is 12.3 Å².